The molecule has 0 saturated heterocycles. The minimum atomic E-state index is -0.178. The van der Waals surface area contributed by atoms with Gasteiger partial charge in [0.1, 0.15) is 11.6 Å². The van der Waals surface area contributed by atoms with E-state index in [4.69, 9.17) is 21.3 Å². The van der Waals surface area contributed by atoms with E-state index in [-0.39, 0.29) is 12.5 Å². The van der Waals surface area contributed by atoms with E-state index in [1.54, 1.807) is 12.1 Å². The minimum Gasteiger partial charge on any atom is -0.482 e. The van der Waals surface area contributed by atoms with E-state index in [0.717, 1.165) is 29.8 Å². The number of carbonyl (C=O) groups excluding carboxylic acids is 1. The molecule has 1 heterocycles. The summed E-state index contributed by atoms with van der Waals surface area (Å²) in [6.07, 6.45) is 1.71. The number of fused-ring (bicyclic) bond motifs is 1. The molecule has 0 radical (unpaired) electrons. The average Bonchev–Trinajstić information content (AvgIpc) is 2.99. The number of nitrogens with zero attached hydrogens (tertiary/aromatic N) is 2. The molecule has 0 atom stereocenters. The number of benzene rings is 2. The summed E-state index contributed by atoms with van der Waals surface area (Å²) in [5.41, 5.74) is 2.13. The third kappa shape index (κ3) is 4.35. The van der Waals surface area contributed by atoms with Crippen LogP contribution in [0, 0.1) is 0 Å². The largest absolute Gasteiger partial charge is 0.482 e. The Hall–Kier alpha value is -2.53. The van der Waals surface area contributed by atoms with E-state index in [0.29, 0.717) is 23.7 Å². The summed E-state index contributed by atoms with van der Waals surface area (Å²) < 4.78 is 7.67. The molecule has 0 fully saturated rings. The monoisotopic (exact) mass is 371 g/mol. The lowest BCUT2D eigenvalue weighted by atomic mass is 10.3. The molecule has 26 heavy (non-hydrogen) atoms. The van der Waals surface area contributed by atoms with Crippen molar-refractivity contribution < 1.29 is 9.53 Å². The zero-order valence-electron chi connectivity index (χ0n) is 14.7. The van der Waals surface area contributed by atoms with Crippen molar-refractivity contribution in [2.24, 2.45) is 0 Å². The van der Waals surface area contributed by atoms with Gasteiger partial charge in [-0.3, -0.25) is 4.79 Å². The van der Waals surface area contributed by atoms with E-state index in [2.05, 4.69) is 22.9 Å². The third-order valence-corrected chi connectivity index (χ3v) is 4.36. The molecule has 1 aromatic heterocycles. The van der Waals surface area contributed by atoms with Gasteiger partial charge in [0.05, 0.1) is 16.1 Å². The van der Waals surface area contributed by atoms with Crippen LogP contribution in [0.5, 0.6) is 5.75 Å². The van der Waals surface area contributed by atoms with Crippen LogP contribution in [0.2, 0.25) is 5.02 Å². The first-order valence-electron chi connectivity index (χ1n) is 8.77. The van der Waals surface area contributed by atoms with Crippen molar-refractivity contribution in [1.29, 1.82) is 0 Å². The Morgan fingerprint density at radius 3 is 2.77 bits per heavy atom. The van der Waals surface area contributed by atoms with Crippen LogP contribution < -0.4 is 10.1 Å². The number of hydrogen-bond donors (Lipinski definition) is 1. The summed E-state index contributed by atoms with van der Waals surface area (Å²) in [7, 11) is 0. The Balaban J connectivity index is 1.54. The molecule has 1 N–H and O–H groups in total. The number of amides is 1. The molecule has 0 aliphatic heterocycles. The lowest BCUT2D eigenvalue weighted by Crippen LogP contribution is -2.31. The van der Waals surface area contributed by atoms with Crippen molar-refractivity contribution in [3.63, 3.8) is 0 Å². The number of imidazole rings is 1. The van der Waals surface area contributed by atoms with Gasteiger partial charge in [-0.15, -0.1) is 0 Å². The van der Waals surface area contributed by atoms with Gasteiger partial charge in [0.15, 0.2) is 6.61 Å². The van der Waals surface area contributed by atoms with E-state index in [9.17, 15) is 4.79 Å². The smallest absolute Gasteiger partial charge is 0.257 e. The van der Waals surface area contributed by atoms with Crippen molar-refractivity contribution in [1.82, 2.24) is 14.9 Å². The fourth-order valence-electron chi connectivity index (χ4n) is 2.86. The summed E-state index contributed by atoms with van der Waals surface area (Å²) in [5, 5.41) is 3.37. The van der Waals surface area contributed by atoms with Crippen molar-refractivity contribution in [3.05, 3.63) is 59.4 Å². The maximum absolute atomic E-state index is 12.0. The number of rotatable bonds is 8. The average molecular weight is 372 g/mol. The molecule has 3 rings (SSSR count). The second kappa shape index (κ2) is 8.72. The fourth-order valence-corrected chi connectivity index (χ4v) is 3.05. The zero-order valence-corrected chi connectivity index (χ0v) is 15.5. The number of aromatic nitrogens is 2. The molecule has 0 aliphatic rings. The number of hydrogen-bond acceptors (Lipinski definition) is 3. The number of para-hydroxylation sites is 3. The van der Waals surface area contributed by atoms with Crippen molar-refractivity contribution in [3.8, 4) is 5.75 Å². The number of halogens is 1. The molecule has 1 amide bonds. The van der Waals surface area contributed by atoms with Crippen LogP contribution in [0.25, 0.3) is 11.0 Å². The van der Waals surface area contributed by atoms with E-state index >= 15 is 0 Å². The van der Waals surface area contributed by atoms with Gasteiger partial charge in [-0.05, 0) is 30.7 Å². The summed E-state index contributed by atoms with van der Waals surface area (Å²) >= 11 is 6.01. The lowest BCUT2D eigenvalue weighted by Gasteiger charge is -2.10. The summed E-state index contributed by atoms with van der Waals surface area (Å²) in [6, 6.07) is 15.2. The molecule has 0 spiro atoms. The van der Waals surface area contributed by atoms with Crippen LogP contribution in [0.1, 0.15) is 19.2 Å². The van der Waals surface area contributed by atoms with Crippen molar-refractivity contribution in [2.75, 3.05) is 13.2 Å². The molecule has 0 aliphatic carbocycles. The molecule has 6 heteroatoms. The van der Waals surface area contributed by atoms with Crippen LogP contribution in [0.4, 0.5) is 0 Å². The van der Waals surface area contributed by atoms with Gasteiger partial charge in [0, 0.05) is 19.5 Å². The fraction of sp³-hybridized carbons (Fsp3) is 0.300. The highest BCUT2D eigenvalue weighted by atomic mass is 35.5. The second-order valence-electron chi connectivity index (χ2n) is 5.99. The van der Waals surface area contributed by atoms with Crippen molar-refractivity contribution >= 4 is 28.5 Å². The van der Waals surface area contributed by atoms with Crippen LogP contribution in [-0.4, -0.2) is 28.6 Å². The summed E-state index contributed by atoms with van der Waals surface area (Å²) in [6.45, 7) is 3.51. The molecule has 0 unspecified atom stereocenters. The van der Waals surface area contributed by atoms with Crippen LogP contribution in [0.15, 0.2) is 48.5 Å². The maximum atomic E-state index is 12.0. The number of nitrogens with one attached hydrogen (secondary N) is 1. The van der Waals surface area contributed by atoms with E-state index in [1.807, 2.05) is 30.3 Å². The van der Waals surface area contributed by atoms with Gasteiger partial charge in [-0.1, -0.05) is 42.8 Å². The van der Waals surface area contributed by atoms with E-state index in [1.165, 1.54) is 0 Å². The minimum absolute atomic E-state index is 0.0604. The van der Waals surface area contributed by atoms with Crippen molar-refractivity contribution in [2.45, 2.75) is 26.3 Å². The Morgan fingerprint density at radius 2 is 1.96 bits per heavy atom. The van der Waals surface area contributed by atoms with Gasteiger partial charge in [-0.25, -0.2) is 4.98 Å². The molecular formula is C20H22ClN3O2. The van der Waals surface area contributed by atoms with E-state index < -0.39 is 0 Å². The Kier molecular flexibility index (Phi) is 6.12. The SMILES string of the molecule is CCCn1c(CCNC(=O)COc2ccccc2Cl)nc2ccccc21. The predicted octanol–water partition coefficient (Wildman–Crippen LogP) is 3.84. The standard InChI is InChI=1S/C20H22ClN3O2/c1-2-13-24-17-9-5-4-8-16(17)23-19(24)11-12-22-20(25)14-26-18-10-6-3-7-15(18)21/h3-10H,2,11-14H2,1H3,(H,22,25). The maximum Gasteiger partial charge on any atom is 0.257 e. The normalized spacial score (nSPS) is 10.8. The van der Waals surface area contributed by atoms with Gasteiger partial charge in [0.25, 0.3) is 5.91 Å². The van der Waals surface area contributed by atoms with Gasteiger partial charge < -0.3 is 14.6 Å². The highest BCUT2D eigenvalue weighted by Gasteiger charge is 2.10. The predicted molar refractivity (Wildman–Crippen MR) is 104 cm³/mol. The quantitative estimate of drug-likeness (QED) is 0.654. The zero-order chi connectivity index (χ0) is 18.4. The molecule has 2 aromatic carbocycles. The molecule has 5 nitrogen and oxygen atoms in total. The topological polar surface area (TPSA) is 56.2 Å². The van der Waals surface area contributed by atoms with Crippen LogP contribution in [-0.2, 0) is 17.8 Å². The second-order valence-corrected chi connectivity index (χ2v) is 6.39. The first kappa shape index (κ1) is 18.3. The first-order chi connectivity index (χ1) is 12.7. The molecule has 0 saturated carbocycles. The highest BCUT2D eigenvalue weighted by molar-refractivity contribution is 6.32. The summed E-state index contributed by atoms with van der Waals surface area (Å²) in [4.78, 5) is 16.7. The Bertz CT molecular complexity index is 892. The van der Waals surface area contributed by atoms with Gasteiger partial charge in [-0.2, -0.15) is 0 Å². The Morgan fingerprint density at radius 1 is 1.19 bits per heavy atom. The van der Waals surface area contributed by atoms with Gasteiger partial charge >= 0.3 is 0 Å². The van der Waals surface area contributed by atoms with Gasteiger partial charge in [0.2, 0.25) is 0 Å². The number of ether oxygens (including phenoxy) is 1. The number of aryl methyl sites for hydroxylation is 1. The molecule has 0 bridgehead atoms. The molecular weight excluding hydrogens is 350 g/mol. The van der Waals surface area contributed by atoms with Crippen LogP contribution in [0.3, 0.4) is 0 Å². The lowest BCUT2D eigenvalue weighted by molar-refractivity contribution is -0.123. The van der Waals surface area contributed by atoms with Crippen LogP contribution >= 0.6 is 11.6 Å². The third-order valence-electron chi connectivity index (χ3n) is 4.05. The molecule has 136 valence electrons. The molecule has 3 aromatic rings. The number of carbonyl (C=O) groups is 1. The Labute approximate surface area is 157 Å². The highest BCUT2D eigenvalue weighted by Crippen LogP contribution is 2.22. The first-order valence-corrected chi connectivity index (χ1v) is 9.15. The summed E-state index contributed by atoms with van der Waals surface area (Å²) in [5.74, 6) is 1.32.